The third-order valence-electron chi connectivity index (χ3n) is 4.43. The molecule has 0 aliphatic heterocycles. The van der Waals surface area contributed by atoms with Crippen molar-refractivity contribution in [2.45, 2.75) is 26.4 Å². The molecule has 0 unspecified atom stereocenters. The number of hydrogen-bond acceptors (Lipinski definition) is 3. The lowest BCUT2D eigenvalue weighted by molar-refractivity contribution is 0.206. The normalized spacial score (nSPS) is 10.1. The molecule has 1 aromatic heterocycles. The molecular weight excluding hydrogens is 348 g/mol. The van der Waals surface area contributed by atoms with E-state index in [-0.39, 0.29) is 6.03 Å². The van der Waals surface area contributed by atoms with Crippen LogP contribution in [0.2, 0.25) is 0 Å². The zero-order valence-corrected chi connectivity index (χ0v) is 15.8. The second kappa shape index (κ2) is 9.33. The minimum Gasteiger partial charge on any atom is -0.316 e. The first kappa shape index (κ1) is 19.1. The molecule has 0 atom stereocenters. The highest BCUT2D eigenvalue weighted by Gasteiger charge is 2.15. The van der Waals surface area contributed by atoms with E-state index in [4.69, 9.17) is 5.26 Å². The molecule has 0 bridgehead atoms. The summed E-state index contributed by atoms with van der Waals surface area (Å²) in [6.45, 7) is 3.03. The van der Waals surface area contributed by atoms with Gasteiger partial charge in [-0.2, -0.15) is 5.26 Å². The van der Waals surface area contributed by atoms with Crippen LogP contribution in [0.3, 0.4) is 0 Å². The average Bonchev–Trinajstić information content (AvgIpc) is 2.74. The van der Waals surface area contributed by atoms with Crippen molar-refractivity contribution in [2.24, 2.45) is 0 Å². The number of aryl methyl sites for hydroxylation is 1. The van der Waals surface area contributed by atoms with Crippen LogP contribution in [0, 0.1) is 11.3 Å². The van der Waals surface area contributed by atoms with Crippen LogP contribution in [0.5, 0.6) is 0 Å². The van der Waals surface area contributed by atoms with Crippen molar-refractivity contribution >= 4 is 11.7 Å². The number of nitriles is 1. The molecule has 0 saturated heterocycles. The first-order valence-electron chi connectivity index (χ1n) is 9.20. The van der Waals surface area contributed by atoms with Crippen LogP contribution in [-0.2, 0) is 19.5 Å². The zero-order valence-electron chi connectivity index (χ0n) is 15.8. The second-order valence-corrected chi connectivity index (χ2v) is 6.51. The Labute approximate surface area is 165 Å². The molecule has 1 heterocycles. The molecule has 0 saturated carbocycles. The molecule has 0 aliphatic rings. The van der Waals surface area contributed by atoms with Gasteiger partial charge < -0.3 is 10.2 Å². The summed E-state index contributed by atoms with van der Waals surface area (Å²) in [6.07, 6.45) is 4.46. The fourth-order valence-electron chi connectivity index (χ4n) is 2.88. The van der Waals surface area contributed by atoms with E-state index in [9.17, 15) is 4.79 Å². The Kier molecular flexibility index (Phi) is 6.37. The van der Waals surface area contributed by atoms with Gasteiger partial charge in [-0.1, -0.05) is 43.3 Å². The summed E-state index contributed by atoms with van der Waals surface area (Å²) < 4.78 is 0. The number of urea groups is 1. The van der Waals surface area contributed by atoms with Crippen molar-refractivity contribution in [1.29, 1.82) is 5.26 Å². The van der Waals surface area contributed by atoms with E-state index in [0.717, 1.165) is 17.5 Å². The second-order valence-electron chi connectivity index (χ2n) is 6.51. The van der Waals surface area contributed by atoms with Crippen LogP contribution in [-0.4, -0.2) is 15.9 Å². The molecule has 0 aliphatic carbocycles. The van der Waals surface area contributed by atoms with Gasteiger partial charge >= 0.3 is 6.03 Å². The van der Waals surface area contributed by atoms with E-state index in [1.807, 2.05) is 12.1 Å². The van der Waals surface area contributed by atoms with Crippen LogP contribution in [0.1, 0.15) is 29.2 Å². The summed E-state index contributed by atoms with van der Waals surface area (Å²) >= 11 is 0. The molecule has 3 rings (SSSR count). The predicted molar refractivity (Wildman–Crippen MR) is 109 cm³/mol. The number of nitrogens with one attached hydrogen (secondary N) is 1. The number of pyridine rings is 1. The number of hydrogen-bond donors (Lipinski definition) is 1. The van der Waals surface area contributed by atoms with Gasteiger partial charge in [0.05, 0.1) is 11.6 Å². The summed E-state index contributed by atoms with van der Waals surface area (Å²) in [7, 11) is 0. The minimum atomic E-state index is -0.224. The van der Waals surface area contributed by atoms with E-state index in [1.165, 1.54) is 5.56 Å². The molecule has 3 aromatic rings. The molecule has 2 amide bonds. The van der Waals surface area contributed by atoms with Gasteiger partial charge in [-0.25, -0.2) is 4.79 Å². The summed E-state index contributed by atoms with van der Waals surface area (Å²) in [5, 5.41) is 12.0. The van der Waals surface area contributed by atoms with Gasteiger partial charge in [0, 0.05) is 31.2 Å². The van der Waals surface area contributed by atoms with Crippen molar-refractivity contribution in [1.82, 2.24) is 9.88 Å². The summed E-state index contributed by atoms with van der Waals surface area (Å²) in [4.78, 5) is 18.8. The maximum Gasteiger partial charge on any atom is 0.322 e. The summed E-state index contributed by atoms with van der Waals surface area (Å²) in [5.41, 5.74) is 4.38. The van der Waals surface area contributed by atoms with Crippen LogP contribution >= 0.6 is 0 Å². The SMILES string of the molecule is CCc1ccc(CN(Cc2cccnc2)C(=O)Nc2cccc(C#N)c2)cc1. The molecule has 0 radical (unpaired) electrons. The van der Waals surface area contributed by atoms with Gasteiger partial charge in [0.15, 0.2) is 0 Å². The predicted octanol–water partition coefficient (Wildman–Crippen LogP) is 4.75. The van der Waals surface area contributed by atoms with Crippen LogP contribution in [0.4, 0.5) is 10.5 Å². The van der Waals surface area contributed by atoms with Crippen molar-refractivity contribution in [3.63, 3.8) is 0 Å². The highest BCUT2D eigenvalue weighted by molar-refractivity contribution is 5.89. The number of rotatable bonds is 6. The van der Waals surface area contributed by atoms with Gasteiger partial charge in [-0.15, -0.1) is 0 Å². The van der Waals surface area contributed by atoms with Gasteiger partial charge in [0.2, 0.25) is 0 Å². The topological polar surface area (TPSA) is 69.0 Å². The first-order valence-corrected chi connectivity index (χ1v) is 9.20. The number of nitrogens with zero attached hydrogens (tertiary/aromatic N) is 3. The zero-order chi connectivity index (χ0) is 19.8. The molecule has 140 valence electrons. The van der Waals surface area contributed by atoms with E-state index in [0.29, 0.717) is 24.3 Å². The molecule has 0 fully saturated rings. The van der Waals surface area contributed by atoms with E-state index in [1.54, 1.807) is 41.6 Å². The number of aromatic nitrogens is 1. The van der Waals surface area contributed by atoms with E-state index in [2.05, 4.69) is 47.6 Å². The van der Waals surface area contributed by atoms with Gasteiger partial charge in [0.1, 0.15) is 0 Å². The van der Waals surface area contributed by atoms with Crippen LogP contribution < -0.4 is 5.32 Å². The van der Waals surface area contributed by atoms with Crippen LogP contribution in [0.25, 0.3) is 0 Å². The van der Waals surface area contributed by atoms with E-state index < -0.39 is 0 Å². The number of benzene rings is 2. The Morgan fingerprint density at radius 1 is 1.04 bits per heavy atom. The molecular formula is C23H22N4O. The minimum absolute atomic E-state index is 0.224. The van der Waals surface area contributed by atoms with E-state index >= 15 is 0 Å². The molecule has 28 heavy (non-hydrogen) atoms. The highest BCUT2D eigenvalue weighted by atomic mass is 16.2. The number of carbonyl (C=O) groups is 1. The largest absolute Gasteiger partial charge is 0.322 e. The van der Waals surface area contributed by atoms with Gasteiger partial charge in [0.25, 0.3) is 0 Å². The van der Waals surface area contributed by atoms with Crippen molar-refractivity contribution in [2.75, 3.05) is 5.32 Å². The molecule has 0 spiro atoms. The molecule has 5 nitrogen and oxygen atoms in total. The Morgan fingerprint density at radius 3 is 2.46 bits per heavy atom. The Hall–Kier alpha value is -3.65. The lowest BCUT2D eigenvalue weighted by Gasteiger charge is -2.23. The third-order valence-corrected chi connectivity index (χ3v) is 4.43. The Balaban J connectivity index is 1.79. The average molecular weight is 370 g/mol. The maximum atomic E-state index is 13.0. The van der Waals surface area contributed by atoms with Crippen LogP contribution in [0.15, 0.2) is 73.1 Å². The molecule has 2 aromatic carbocycles. The quantitative estimate of drug-likeness (QED) is 0.681. The summed E-state index contributed by atoms with van der Waals surface area (Å²) in [5.74, 6) is 0. The smallest absolute Gasteiger partial charge is 0.316 e. The number of anilines is 1. The number of carbonyl (C=O) groups excluding carboxylic acids is 1. The van der Waals surface area contributed by atoms with Gasteiger partial charge in [-0.05, 0) is 47.4 Å². The lowest BCUT2D eigenvalue weighted by Crippen LogP contribution is -2.34. The molecule has 1 N–H and O–H groups in total. The van der Waals surface area contributed by atoms with Gasteiger partial charge in [-0.3, -0.25) is 4.98 Å². The standard InChI is InChI=1S/C23H22N4O/c1-2-18-8-10-19(11-9-18)16-27(17-21-6-4-12-25-15-21)23(28)26-22-7-3-5-20(13-22)14-24/h3-13,15H,2,16-17H2,1H3,(H,26,28). The molecule has 5 heteroatoms. The fourth-order valence-corrected chi connectivity index (χ4v) is 2.88. The van der Waals surface area contributed by atoms with Crippen molar-refractivity contribution < 1.29 is 4.79 Å². The fraction of sp³-hybridized carbons (Fsp3) is 0.174. The third kappa shape index (κ3) is 5.18. The highest BCUT2D eigenvalue weighted by Crippen LogP contribution is 2.15. The number of amides is 2. The Morgan fingerprint density at radius 2 is 1.79 bits per heavy atom. The first-order chi connectivity index (χ1) is 13.7. The lowest BCUT2D eigenvalue weighted by atomic mass is 10.1. The van der Waals surface area contributed by atoms with Crippen molar-refractivity contribution in [3.05, 3.63) is 95.3 Å². The summed E-state index contributed by atoms with van der Waals surface area (Å²) in [6, 6.07) is 20.9. The monoisotopic (exact) mass is 370 g/mol. The van der Waals surface area contributed by atoms with Crippen molar-refractivity contribution in [3.8, 4) is 6.07 Å². The maximum absolute atomic E-state index is 13.0. The Bertz CT molecular complexity index is 962.